The van der Waals surface area contributed by atoms with E-state index in [-0.39, 0.29) is 0 Å². The molecule has 0 atom stereocenters. The normalized spacial score (nSPS) is 11.8. The molecule has 3 nitrogen and oxygen atoms in total. The maximum Gasteiger partial charge on any atom is 0.240 e. The minimum absolute atomic E-state index is 0.371. The molecule has 0 aliphatic carbocycles. The molecular weight excluding hydrogens is 379 g/mol. The van der Waals surface area contributed by atoms with Crippen molar-refractivity contribution < 1.29 is 4.42 Å². The summed E-state index contributed by atoms with van der Waals surface area (Å²) in [5, 5.41) is 7.44. The van der Waals surface area contributed by atoms with E-state index >= 15 is 0 Å². The summed E-state index contributed by atoms with van der Waals surface area (Å²) in [5.74, 6) is 0.371. The highest BCUT2D eigenvalue weighted by molar-refractivity contribution is 6.66. The van der Waals surface area contributed by atoms with Gasteiger partial charge >= 0.3 is 0 Å². The van der Waals surface area contributed by atoms with E-state index in [1.54, 1.807) is 24.3 Å². The van der Waals surface area contributed by atoms with Crippen LogP contribution in [0.25, 0.3) is 29.4 Å². The fourth-order valence-electron chi connectivity index (χ4n) is 2.37. The summed E-state index contributed by atoms with van der Waals surface area (Å²) in [7, 11) is 0. The number of alkyl halides is 3. The van der Waals surface area contributed by atoms with Gasteiger partial charge in [0.25, 0.3) is 0 Å². The molecule has 3 aromatic rings. The number of rotatable bonds is 4. The Bertz CT molecular complexity index is 895. The Labute approximate surface area is 160 Å². The van der Waals surface area contributed by atoms with Crippen molar-refractivity contribution in [2.24, 2.45) is 0 Å². The Morgan fingerprint density at radius 2 is 1.68 bits per heavy atom. The molecule has 0 aliphatic rings. The maximum atomic E-state index is 6.10. The molecule has 0 bridgehead atoms. The van der Waals surface area contributed by atoms with Gasteiger partial charge in [-0.1, -0.05) is 83.9 Å². The molecule has 0 saturated carbocycles. The highest BCUT2D eigenvalue weighted by Gasteiger charge is 2.25. The number of nitrogens with zero attached hydrogens (tertiary/aromatic N) is 2. The van der Waals surface area contributed by atoms with Crippen molar-refractivity contribution in [2.45, 2.75) is 3.79 Å². The van der Waals surface area contributed by atoms with Crippen molar-refractivity contribution in [1.29, 1.82) is 0 Å². The monoisotopic (exact) mass is 390 g/mol. The van der Waals surface area contributed by atoms with Crippen LogP contribution in [0.4, 0.5) is 0 Å². The van der Waals surface area contributed by atoms with Gasteiger partial charge in [-0.25, -0.2) is 0 Å². The van der Waals surface area contributed by atoms with Crippen LogP contribution in [0, 0.1) is 0 Å². The highest BCUT2D eigenvalue weighted by atomic mass is 35.6. The van der Waals surface area contributed by atoms with Crippen molar-refractivity contribution >= 4 is 53.0 Å². The van der Waals surface area contributed by atoms with E-state index in [9.17, 15) is 0 Å². The van der Waals surface area contributed by atoms with Gasteiger partial charge in [-0.15, -0.1) is 10.2 Å². The van der Waals surface area contributed by atoms with Gasteiger partial charge in [0.05, 0.1) is 0 Å². The van der Waals surface area contributed by atoms with Crippen molar-refractivity contribution in [2.75, 3.05) is 0 Å². The highest BCUT2D eigenvalue weighted by Crippen LogP contribution is 2.41. The molecule has 3 rings (SSSR count). The van der Waals surface area contributed by atoms with Crippen LogP contribution in [-0.2, 0) is 3.79 Å². The van der Waals surface area contributed by atoms with E-state index < -0.39 is 3.79 Å². The minimum atomic E-state index is -1.54. The number of aromatic nitrogens is 2. The summed E-state index contributed by atoms with van der Waals surface area (Å²) < 4.78 is 3.56. The predicted octanol–water partition coefficient (Wildman–Crippen LogP) is 6.38. The van der Waals surface area contributed by atoms with E-state index in [1.165, 1.54) is 6.39 Å². The van der Waals surface area contributed by atoms with Gasteiger partial charge in [0.1, 0.15) is 0 Å². The fraction of sp³-hybridized carbons (Fsp3) is 0.0526. The lowest BCUT2D eigenvalue weighted by Crippen LogP contribution is -2.03. The fourth-order valence-corrected chi connectivity index (χ4v) is 2.88. The molecule has 0 fully saturated rings. The first-order valence-corrected chi connectivity index (χ1v) is 8.49. The van der Waals surface area contributed by atoms with Gasteiger partial charge in [-0.3, -0.25) is 0 Å². The Kier molecular flexibility index (Phi) is 5.28. The summed E-state index contributed by atoms with van der Waals surface area (Å²) in [6.45, 7) is 3.76. The first kappa shape index (κ1) is 17.7. The van der Waals surface area contributed by atoms with Crippen molar-refractivity contribution in [1.82, 2.24) is 10.2 Å². The molecule has 126 valence electrons. The summed E-state index contributed by atoms with van der Waals surface area (Å²) in [6.07, 6.45) is 6.51. The number of hydrogen-bond donors (Lipinski definition) is 0. The molecule has 0 spiro atoms. The Hall–Kier alpha value is -2.07. The molecule has 6 heteroatoms. The Balaban J connectivity index is 2.04. The molecule has 0 radical (unpaired) electrons. The molecule has 0 saturated heterocycles. The first-order valence-electron chi connectivity index (χ1n) is 7.36. The third-order valence-corrected chi connectivity index (χ3v) is 4.23. The molecule has 0 aliphatic heterocycles. The summed E-state index contributed by atoms with van der Waals surface area (Å²) in [6, 6.07) is 13.7. The average Bonchev–Trinajstić information content (AvgIpc) is 3.12. The zero-order valence-electron chi connectivity index (χ0n) is 13.0. The predicted molar refractivity (Wildman–Crippen MR) is 104 cm³/mol. The molecule has 25 heavy (non-hydrogen) atoms. The van der Waals surface area contributed by atoms with E-state index in [2.05, 4.69) is 16.8 Å². The van der Waals surface area contributed by atoms with Crippen molar-refractivity contribution in [3.63, 3.8) is 0 Å². The lowest BCUT2D eigenvalue weighted by molar-refractivity contribution is 0.542. The third-order valence-electron chi connectivity index (χ3n) is 3.62. The van der Waals surface area contributed by atoms with E-state index in [0.717, 1.165) is 22.3 Å². The van der Waals surface area contributed by atoms with Gasteiger partial charge in [-0.2, -0.15) is 0 Å². The van der Waals surface area contributed by atoms with Crippen LogP contribution in [0.3, 0.4) is 0 Å². The molecule has 1 heterocycles. The number of hydrogen-bond acceptors (Lipinski definition) is 3. The average molecular weight is 392 g/mol. The van der Waals surface area contributed by atoms with Crippen LogP contribution < -0.4 is 0 Å². The smallest absolute Gasteiger partial charge is 0.240 e. The molecule has 0 unspecified atom stereocenters. The van der Waals surface area contributed by atoms with Crippen LogP contribution in [0.5, 0.6) is 0 Å². The van der Waals surface area contributed by atoms with Gasteiger partial charge < -0.3 is 4.42 Å². The summed E-state index contributed by atoms with van der Waals surface area (Å²) >= 11 is 18.3. The van der Waals surface area contributed by atoms with Crippen LogP contribution in [-0.4, -0.2) is 10.2 Å². The quantitative estimate of drug-likeness (QED) is 0.485. The van der Waals surface area contributed by atoms with Crippen LogP contribution in [0.15, 0.2) is 59.9 Å². The largest absolute Gasteiger partial charge is 0.424 e. The van der Waals surface area contributed by atoms with Crippen LogP contribution in [0.2, 0.25) is 0 Å². The molecule has 1 aromatic heterocycles. The van der Waals surface area contributed by atoms with Gasteiger partial charge in [0.2, 0.25) is 16.1 Å². The molecular formula is C19H13Cl3N2O. The second-order valence-electron chi connectivity index (χ2n) is 5.24. The number of benzene rings is 2. The number of halogens is 3. The van der Waals surface area contributed by atoms with E-state index in [4.69, 9.17) is 39.2 Å². The zero-order chi connectivity index (χ0) is 17.9. The van der Waals surface area contributed by atoms with Gasteiger partial charge in [0, 0.05) is 11.6 Å². The maximum absolute atomic E-state index is 6.10. The standard InChI is InChI=1S/C19H13Cl3N2O/c1-2-13-3-5-14(6-4-13)15-7-9-17(19(20,21)22)16(11-15)8-10-18-24-23-12-25-18/h2-12H,1H2. The zero-order valence-corrected chi connectivity index (χ0v) is 15.3. The minimum Gasteiger partial charge on any atom is -0.424 e. The SMILES string of the molecule is C=Cc1ccc(-c2ccc(C(Cl)(Cl)Cl)c(C=Cc3nnco3)c2)cc1. The third kappa shape index (κ3) is 4.31. The lowest BCUT2D eigenvalue weighted by Gasteiger charge is -2.16. The summed E-state index contributed by atoms with van der Waals surface area (Å²) in [5.41, 5.74) is 4.43. The van der Waals surface area contributed by atoms with E-state index in [0.29, 0.717) is 11.5 Å². The lowest BCUT2D eigenvalue weighted by atomic mass is 9.98. The Morgan fingerprint density at radius 3 is 2.28 bits per heavy atom. The molecule has 0 N–H and O–H groups in total. The van der Waals surface area contributed by atoms with Gasteiger partial charge in [0.15, 0.2) is 0 Å². The van der Waals surface area contributed by atoms with Crippen molar-refractivity contribution in [3.8, 4) is 11.1 Å². The topological polar surface area (TPSA) is 38.9 Å². The molecule has 2 aromatic carbocycles. The Morgan fingerprint density at radius 1 is 0.960 bits per heavy atom. The van der Waals surface area contributed by atoms with Crippen LogP contribution >= 0.6 is 34.8 Å². The second kappa shape index (κ2) is 7.44. The summed E-state index contributed by atoms with van der Waals surface area (Å²) in [4.78, 5) is 0. The molecule has 0 amide bonds. The van der Waals surface area contributed by atoms with E-state index in [1.807, 2.05) is 36.4 Å². The van der Waals surface area contributed by atoms with Crippen LogP contribution in [0.1, 0.15) is 22.6 Å². The van der Waals surface area contributed by atoms with Crippen molar-refractivity contribution in [3.05, 3.63) is 78.0 Å². The first-order chi connectivity index (χ1) is 12.0. The van der Waals surface area contributed by atoms with Gasteiger partial charge in [-0.05, 0) is 34.4 Å². The second-order valence-corrected chi connectivity index (χ2v) is 7.52.